The van der Waals surface area contributed by atoms with Gasteiger partial charge in [0.25, 0.3) is 0 Å². The Hall–Kier alpha value is -1.89. The van der Waals surface area contributed by atoms with Crippen molar-refractivity contribution >= 4 is 40.1 Å². The van der Waals surface area contributed by atoms with Gasteiger partial charge in [0.2, 0.25) is 0 Å². The van der Waals surface area contributed by atoms with Gasteiger partial charge in [-0.3, -0.25) is 0 Å². The van der Waals surface area contributed by atoms with Gasteiger partial charge in [-0.05, 0) is 18.2 Å². The molecule has 0 bridgehead atoms. The Morgan fingerprint density at radius 1 is 1.16 bits per heavy atom. The van der Waals surface area contributed by atoms with Crippen molar-refractivity contribution in [2.24, 2.45) is 5.84 Å². The lowest BCUT2D eigenvalue weighted by Crippen LogP contribution is -2.11. The van der Waals surface area contributed by atoms with Gasteiger partial charge in [0.05, 0.1) is 15.6 Å². The monoisotopic (exact) mass is 294 g/mol. The van der Waals surface area contributed by atoms with Crippen molar-refractivity contribution in [2.75, 3.05) is 5.43 Å². The molecular weight excluding hydrogens is 287 g/mol. The van der Waals surface area contributed by atoms with E-state index in [4.69, 9.17) is 29.0 Å². The van der Waals surface area contributed by atoms with E-state index in [1.54, 1.807) is 6.07 Å². The molecule has 0 radical (unpaired) electrons. The number of rotatable bonds is 2. The van der Waals surface area contributed by atoms with E-state index in [1.165, 1.54) is 4.68 Å². The molecule has 2 aromatic heterocycles. The first-order chi connectivity index (χ1) is 9.20. The van der Waals surface area contributed by atoms with E-state index in [1.807, 2.05) is 24.3 Å². The van der Waals surface area contributed by atoms with Crippen molar-refractivity contribution in [3.63, 3.8) is 0 Å². The van der Waals surface area contributed by atoms with Crippen molar-refractivity contribution in [3.8, 4) is 5.82 Å². The Bertz CT molecular complexity index is 754. The number of halogens is 2. The van der Waals surface area contributed by atoms with Crippen LogP contribution in [0.25, 0.3) is 16.9 Å². The highest BCUT2D eigenvalue weighted by Crippen LogP contribution is 2.28. The summed E-state index contributed by atoms with van der Waals surface area (Å²) in [5.41, 5.74) is 3.95. The third-order valence-electron chi connectivity index (χ3n) is 2.60. The first kappa shape index (κ1) is 12.2. The molecule has 2 heterocycles. The number of nitrogen functional groups attached to an aromatic ring is 1. The molecule has 0 amide bonds. The number of nitrogens with two attached hydrogens (primary N) is 1. The number of para-hydroxylation sites is 1. The lowest BCUT2D eigenvalue weighted by molar-refractivity contribution is 0.802. The Labute approximate surface area is 118 Å². The van der Waals surface area contributed by atoms with Crippen LogP contribution < -0.4 is 11.3 Å². The zero-order chi connectivity index (χ0) is 13.4. The van der Waals surface area contributed by atoms with Gasteiger partial charge in [-0.25, -0.2) is 10.8 Å². The fourth-order valence-corrected chi connectivity index (χ4v) is 2.23. The summed E-state index contributed by atoms with van der Waals surface area (Å²) in [5, 5.41) is 8.78. The molecule has 0 aliphatic heterocycles. The quantitative estimate of drug-likeness (QED) is 0.560. The maximum Gasteiger partial charge on any atom is 0.176 e. The molecule has 0 spiro atoms. The van der Waals surface area contributed by atoms with Crippen LogP contribution in [0.3, 0.4) is 0 Å². The number of hydrogen-bond acceptors (Lipinski definition) is 5. The van der Waals surface area contributed by atoms with Gasteiger partial charge >= 0.3 is 0 Å². The number of nitrogens with one attached hydrogen (secondary N) is 1. The van der Waals surface area contributed by atoms with Crippen LogP contribution in [0.4, 0.5) is 5.82 Å². The van der Waals surface area contributed by atoms with Crippen LogP contribution in [-0.4, -0.2) is 20.0 Å². The summed E-state index contributed by atoms with van der Waals surface area (Å²) in [6.07, 6.45) is 0. The summed E-state index contributed by atoms with van der Waals surface area (Å²) in [6, 6.07) is 9.04. The number of hydrogen-bond donors (Lipinski definition) is 2. The van der Waals surface area contributed by atoms with Crippen LogP contribution in [0, 0.1) is 0 Å². The topological polar surface area (TPSA) is 81.6 Å². The van der Waals surface area contributed by atoms with Crippen molar-refractivity contribution < 1.29 is 0 Å². The van der Waals surface area contributed by atoms with E-state index in [0.717, 1.165) is 11.0 Å². The van der Waals surface area contributed by atoms with E-state index in [0.29, 0.717) is 21.7 Å². The Morgan fingerprint density at radius 3 is 2.74 bits per heavy atom. The molecule has 0 fully saturated rings. The molecular formula is C11H8Cl2N6. The molecule has 3 rings (SSSR count). The van der Waals surface area contributed by atoms with Gasteiger partial charge < -0.3 is 5.43 Å². The Kier molecular flexibility index (Phi) is 2.98. The van der Waals surface area contributed by atoms with E-state index in [9.17, 15) is 0 Å². The Morgan fingerprint density at radius 2 is 1.95 bits per heavy atom. The average molecular weight is 295 g/mol. The van der Waals surface area contributed by atoms with Crippen molar-refractivity contribution in [3.05, 3.63) is 40.4 Å². The first-order valence-electron chi connectivity index (χ1n) is 5.34. The highest BCUT2D eigenvalue weighted by atomic mass is 35.5. The maximum atomic E-state index is 6.15. The number of anilines is 1. The minimum atomic E-state index is 0.320. The third-order valence-corrected chi connectivity index (χ3v) is 3.17. The van der Waals surface area contributed by atoms with E-state index in [2.05, 4.69) is 20.7 Å². The minimum absolute atomic E-state index is 0.320. The largest absolute Gasteiger partial charge is 0.307 e. The summed E-state index contributed by atoms with van der Waals surface area (Å²) in [7, 11) is 0. The van der Waals surface area contributed by atoms with Gasteiger partial charge in [-0.1, -0.05) is 40.5 Å². The van der Waals surface area contributed by atoms with Crippen molar-refractivity contribution in [1.29, 1.82) is 0 Å². The van der Waals surface area contributed by atoms with Gasteiger partial charge in [0.1, 0.15) is 5.52 Å². The number of hydrazine groups is 1. The van der Waals surface area contributed by atoms with E-state index >= 15 is 0 Å². The lowest BCUT2D eigenvalue weighted by atomic mass is 10.3. The molecule has 0 aliphatic carbocycles. The standard InChI is InChI=1S/C11H8Cl2N6/c12-6-5-7(13)11(15-10(6)16-14)19-9-4-2-1-3-8(9)17-18-19/h1-5H,14H2,(H,15,16). The molecule has 0 saturated heterocycles. The summed E-state index contributed by atoms with van der Waals surface area (Å²) >= 11 is 12.1. The predicted octanol–water partition coefficient (Wildman–Crippen LogP) is 2.41. The predicted molar refractivity (Wildman–Crippen MR) is 74.5 cm³/mol. The van der Waals surface area contributed by atoms with Crippen molar-refractivity contribution in [1.82, 2.24) is 20.0 Å². The third kappa shape index (κ3) is 1.99. The molecule has 3 aromatic rings. The molecule has 8 heteroatoms. The lowest BCUT2D eigenvalue weighted by Gasteiger charge is -2.08. The SMILES string of the molecule is NNc1nc(-n2nnc3ccccc32)c(Cl)cc1Cl. The number of benzene rings is 1. The van der Waals surface area contributed by atoms with Crippen LogP contribution in [0.2, 0.25) is 10.0 Å². The van der Waals surface area contributed by atoms with E-state index in [-0.39, 0.29) is 0 Å². The summed E-state index contributed by atoms with van der Waals surface area (Å²) in [6.45, 7) is 0. The molecule has 3 N–H and O–H groups in total. The van der Waals surface area contributed by atoms with Crippen LogP contribution in [-0.2, 0) is 0 Å². The first-order valence-corrected chi connectivity index (χ1v) is 6.10. The molecule has 0 aliphatic rings. The van der Waals surface area contributed by atoms with Crippen LogP contribution in [0.5, 0.6) is 0 Å². The van der Waals surface area contributed by atoms with Gasteiger partial charge in [-0.15, -0.1) is 5.10 Å². The summed E-state index contributed by atoms with van der Waals surface area (Å²) < 4.78 is 1.54. The second kappa shape index (κ2) is 4.65. The van der Waals surface area contributed by atoms with E-state index < -0.39 is 0 Å². The smallest absolute Gasteiger partial charge is 0.176 e. The van der Waals surface area contributed by atoms with Gasteiger partial charge in [-0.2, -0.15) is 4.68 Å². The number of fused-ring (bicyclic) bond motifs is 1. The second-order valence-electron chi connectivity index (χ2n) is 3.76. The van der Waals surface area contributed by atoms with Crippen LogP contribution in [0.15, 0.2) is 30.3 Å². The molecule has 19 heavy (non-hydrogen) atoms. The Balaban J connectivity index is 2.27. The van der Waals surface area contributed by atoms with Crippen LogP contribution in [0.1, 0.15) is 0 Å². The minimum Gasteiger partial charge on any atom is -0.307 e. The van der Waals surface area contributed by atoms with Gasteiger partial charge in [0, 0.05) is 0 Å². The molecule has 1 aromatic carbocycles. The van der Waals surface area contributed by atoms with Crippen molar-refractivity contribution in [2.45, 2.75) is 0 Å². The fourth-order valence-electron chi connectivity index (χ4n) is 1.73. The van der Waals surface area contributed by atoms with Gasteiger partial charge in [0.15, 0.2) is 11.6 Å². The highest BCUT2D eigenvalue weighted by Gasteiger charge is 2.14. The number of nitrogens with zero attached hydrogens (tertiary/aromatic N) is 4. The molecule has 0 atom stereocenters. The second-order valence-corrected chi connectivity index (χ2v) is 4.57. The van der Waals surface area contributed by atoms with Crippen LogP contribution >= 0.6 is 23.2 Å². The summed E-state index contributed by atoms with van der Waals surface area (Å²) in [4.78, 5) is 4.24. The maximum absolute atomic E-state index is 6.15. The normalized spacial score (nSPS) is 10.9. The average Bonchev–Trinajstić information content (AvgIpc) is 2.83. The zero-order valence-electron chi connectivity index (χ0n) is 9.51. The zero-order valence-corrected chi connectivity index (χ0v) is 11.0. The molecule has 0 saturated carbocycles. The highest BCUT2D eigenvalue weighted by molar-refractivity contribution is 6.36. The number of pyridine rings is 1. The molecule has 6 nitrogen and oxygen atoms in total. The molecule has 96 valence electrons. The summed E-state index contributed by atoms with van der Waals surface area (Å²) in [5.74, 6) is 6.08. The number of aromatic nitrogens is 4. The molecule has 0 unspecified atom stereocenters. The fraction of sp³-hybridized carbons (Fsp3) is 0.